The highest BCUT2D eigenvalue weighted by atomic mass is 15.2. The Kier molecular flexibility index (Phi) is 3.19. The van der Waals surface area contributed by atoms with Crippen LogP contribution in [0.4, 0.5) is 0 Å². The summed E-state index contributed by atoms with van der Waals surface area (Å²) in [6, 6.07) is 4.95. The average Bonchev–Trinajstić information content (AvgIpc) is 3.03. The molecule has 0 amide bonds. The largest absolute Gasteiger partial charge is 0.349 e. The van der Waals surface area contributed by atoms with Gasteiger partial charge in [-0.3, -0.25) is 4.90 Å². The van der Waals surface area contributed by atoms with Gasteiger partial charge in [0.15, 0.2) is 0 Å². The molecular weight excluding hydrogens is 224 g/mol. The topological polar surface area (TPSA) is 36.9 Å². The van der Waals surface area contributed by atoms with Crippen LogP contribution >= 0.6 is 0 Å². The number of hydrogen-bond acceptors (Lipinski definition) is 2. The van der Waals surface area contributed by atoms with Gasteiger partial charge in [-0.1, -0.05) is 13.3 Å². The normalized spacial score (nSPS) is 19.9. The van der Waals surface area contributed by atoms with Crippen LogP contribution in [0.5, 0.6) is 0 Å². The first-order valence-corrected chi connectivity index (χ1v) is 6.76. The van der Waals surface area contributed by atoms with E-state index in [9.17, 15) is 0 Å². The van der Waals surface area contributed by atoms with Crippen molar-refractivity contribution in [2.45, 2.75) is 38.9 Å². The third kappa shape index (κ3) is 2.08. The highest BCUT2D eigenvalue weighted by Gasteiger charge is 2.26. The second-order valence-electron chi connectivity index (χ2n) is 4.94. The molecule has 1 aliphatic heterocycles. The van der Waals surface area contributed by atoms with E-state index in [0.29, 0.717) is 6.04 Å². The summed E-state index contributed by atoms with van der Waals surface area (Å²) in [5, 5.41) is 0. The van der Waals surface area contributed by atoms with Gasteiger partial charge in [-0.25, -0.2) is 4.98 Å². The molecule has 0 aliphatic carbocycles. The highest BCUT2D eigenvalue weighted by molar-refractivity contribution is 5.14. The van der Waals surface area contributed by atoms with Gasteiger partial charge in [-0.15, -0.1) is 0 Å². The summed E-state index contributed by atoms with van der Waals surface area (Å²) < 4.78 is 2.39. The van der Waals surface area contributed by atoms with Crippen molar-refractivity contribution in [3.63, 3.8) is 0 Å². The summed E-state index contributed by atoms with van der Waals surface area (Å²) in [5.74, 6) is 1.07. The molecule has 0 bridgehead atoms. The second kappa shape index (κ2) is 4.98. The van der Waals surface area contributed by atoms with Gasteiger partial charge in [0.1, 0.15) is 5.82 Å². The molecule has 3 rings (SSSR count). The predicted molar refractivity (Wildman–Crippen MR) is 71.1 cm³/mol. The lowest BCUT2D eigenvalue weighted by Crippen LogP contribution is -2.37. The van der Waals surface area contributed by atoms with Crippen molar-refractivity contribution in [3.8, 4) is 0 Å². The smallest absolute Gasteiger partial charge is 0.120 e. The fourth-order valence-corrected chi connectivity index (χ4v) is 2.88. The number of aromatic amines is 1. The zero-order valence-electron chi connectivity index (χ0n) is 10.8. The molecule has 1 aliphatic rings. The standard InChI is InChI=1S/C14H20N4/c1-2-4-12-13-5-3-8-17(13)9-10-18(12)11-14-15-6-7-16-14/h3,5-8,12H,2,4,9-11H2,1H3,(H,15,16). The van der Waals surface area contributed by atoms with E-state index in [0.717, 1.165) is 25.5 Å². The van der Waals surface area contributed by atoms with E-state index in [4.69, 9.17) is 0 Å². The Hall–Kier alpha value is -1.55. The summed E-state index contributed by atoms with van der Waals surface area (Å²) in [6.07, 6.45) is 8.35. The molecule has 0 radical (unpaired) electrons. The number of fused-ring (bicyclic) bond motifs is 1. The van der Waals surface area contributed by atoms with E-state index in [1.54, 1.807) is 0 Å². The Morgan fingerprint density at radius 2 is 2.39 bits per heavy atom. The van der Waals surface area contributed by atoms with E-state index in [1.807, 2.05) is 12.4 Å². The molecule has 0 fully saturated rings. The minimum atomic E-state index is 0.531. The van der Waals surface area contributed by atoms with Gasteiger partial charge >= 0.3 is 0 Å². The van der Waals surface area contributed by atoms with Crippen LogP contribution in [0, 0.1) is 0 Å². The maximum Gasteiger partial charge on any atom is 0.120 e. The molecule has 0 spiro atoms. The third-order valence-electron chi connectivity index (χ3n) is 3.74. The molecule has 1 atom stereocenters. The Balaban J connectivity index is 1.82. The molecule has 4 heteroatoms. The quantitative estimate of drug-likeness (QED) is 0.897. The zero-order valence-corrected chi connectivity index (χ0v) is 10.8. The van der Waals surface area contributed by atoms with Gasteiger partial charge in [0.2, 0.25) is 0 Å². The molecule has 96 valence electrons. The van der Waals surface area contributed by atoms with Crippen molar-refractivity contribution in [1.29, 1.82) is 0 Å². The number of nitrogens with one attached hydrogen (secondary N) is 1. The van der Waals surface area contributed by atoms with Crippen molar-refractivity contribution in [2.24, 2.45) is 0 Å². The summed E-state index contributed by atoms with van der Waals surface area (Å²) in [5.41, 5.74) is 1.45. The van der Waals surface area contributed by atoms with Crippen LogP contribution in [-0.4, -0.2) is 26.0 Å². The van der Waals surface area contributed by atoms with Crippen LogP contribution in [0.2, 0.25) is 0 Å². The van der Waals surface area contributed by atoms with Crippen molar-refractivity contribution >= 4 is 0 Å². The number of imidazole rings is 1. The lowest BCUT2D eigenvalue weighted by molar-refractivity contribution is 0.136. The van der Waals surface area contributed by atoms with Gasteiger partial charge in [-0.2, -0.15) is 0 Å². The first-order valence-electron chi connectivity index (χ1n) is 6.76. The van der Waals surface area contributed by atoms with Crippen molar-refractivity contribution in [1.82, 2.24) is 19.4 Å². The van der Waals surface area contributed by atoms with Crippen molar-refractivity contribution in [2.75, 3.05) is 6.54 Å². The van der Waals surface area contributed by atoms with Crippen LogP contribution in [0.3, 0.4) is 0 Å². The highest BCUT2D eigenvalue weighted by Crippen LogP contribution is 2.30. The van der Waals surface area contributed by atoms with Gasteiger partial charge in [0.25, 0.3) is 0 Å². The van der Waals surface area contributed by atoms with E-state index in [-0.39, 0.29) is 0 Å². The fourth-order valence-electron chi connectivity index (χ4n) is 2.88. The monoisotopic (exact) mass is 244 g/mol. The minimum absolute atomic E-state index is 0.531. The Morgan fingerprint density at radius 3 is 3.17 bits per heavy atom. The average molecular weight is 244 g/mol. The van der Waals surface area contributed by atoms with E-state index in [1.165, 1.54) is 18.5 Å². The molecular formula is C14H20N4. The van der Waals surface area contributed by atoms with E-state index in [2.05, 4.69) is 44.7 Å². The third-order valence-corrected chi connectivity index (χ3v) is 3.74. The maximum absolute atomic E-state index is 4.34. The van der Waals surface area contributed by atoms with Gasteiger partial charge in [0, 0.05) is 37.4 Å². The predicted octanol–water partition coefficient (Wildman–Crippen LogP) is 2.57. The van der Waals surface area contributed by atoms with Crippen LogP contribution < -0.4 is 0 Å². The SMILES string of the molecule is CCCC1c2cccn2CCN1Cc1ncc[nH]1. The molecule has 0 saturated heterocycles. The second-order valence-corrected chi connectivity index (χ2v) is 4.94. The molecule has 2 aromatic heterocycles. The fraction of sp³-hybridized carbons (Fsp3) is 0.500. The number of nitrogens with zero attached hydrogens (tertiary/aromatic N) is 3. The lowest BCUT2D eigenvalue weighted by Gasteiger charge is -2.36. The van der Waals surface area contributed by atoms with Crippen LogP contribution in [0.1, 0.15) is 37.3 Å². The summed E-state index contributed by atoms with van der Waals surface area (Å²) in [4.78, 5) is 10.1. The van der Waals surface area contributed by atoms with Crippen LogP contribution in [0.25, 0.3) is 0 Å². The molecule has 18 heavy (non-hydrogen) atoms. The van der Waals surface area contributed by atoms with Gasteiger partial charge in [-0.05, 0) is 18.6 Å². The molecule has 2 aromatic rings. The summed E-state index contributed by atoms with van der Waals surface area (Å²) in [6.45, 7) is 5.37. The minimum Gasteiger partial charge on any atom is -0.349 e. The Bertz CT molecular complexity index is 486. The van der Waals surface area contributed by atoms with Crippen LogP contribution in [-0.2, 0) is 13.1 Å². The summed E-state index contributed by atoms with van der Waals surface area (Å²) in [7, 11) is 0. The zero-order chi connectivity index (χ0) is 12.4. The van der Waals surface area contributed by atoms with E-state index >= 15 is 0 Å². The van der Waals surface area contributed by atoms with Crippen molar-refractivity contribution < 1.29 is 0 Å². The molecule has 4 nitrogen and oxygen atoms in total. The molecule has 0 aromatic carbocycles. The number of rotatable bonds is 4. The lowest BCUT2D eigenvalue weighted by atomic mass is 10.0. The Morgan fingerprint density at radius 1 is 1.44 bits per heavy atom. The first kappa shape index (κ1) is 11.5. The van der Waals surface area contributed by atoms with Gasteiger partial charge in [0.05, 0.1) is 12.6 Å². The first-order chi connectivity index (χ1) is 8.88. The van der Waals surface area contributed by atoms with Crippen molar-refractivity contribution in [3.05, 3.63) is 42.2 Å². The molecule has 1 N–H and O–H groups in total. The molecule has 3 heterocycles. The number of aromatic nitrogens is 3. The summed E-state index contributed by atoms with van der Waals surface area (Å²) >= 11 is 0. The number of H-pyrrole nitrogens is 1. The Labute approximate surface area is 108 Å². The maximum atomic E-state index is 4.34. The molecule has 0 saturated carbocycles. The molecule has 1 unspecified atom stereocenters. The van der Waals surface area contributed by atoms with E-state index < -0.39 is 0 Å². The van der Waals surface area contributed by atoms with Crippen LogP contribution in [0.15, 0.2) is 30.7 Å². The number of hydrogen-bond donors (Lipinski definition) is 1. The van der Waals surface area contributed by atoms with Gasteiger partial charge < -0.3 is 9.55 Å².